The molecule has 0 radical (unpaired) electrons. The minimum absolute atomic E-state index is 0.0216. The van der Waals surface area contributed by atoms with Crippen LogP contribution in [-0.4, -0.2) is 5.78 Å². The van der Waals surface area contributed by atoms with Crippen LogP contribution in [0.15, 0.2) is 42.5 Å². The van der Waals surface area contributed by atoms with E-state index in [2.05, 4.69) is 18.2 Å². The standard InChI is InChI=1S/C17H16ClNO/c18-14-7-8-15(16(19)10-14)17(20)13-6-5-11-3-1-2-4-12(11)9-13/h1-4,7-8,10,13H,5-6,9,19H2. The Morgan fingerprint density at radius 2 is 1.90 bits per heavy atom. The maximum Gasteiger partial charge on any atom is 0.168 e. The van der Waals surface area contributed by atoms with E-state index in [1.807, 2.05) is 6.07 Å². The average molecular weight is 286 g/mol. The van der Waals surface area contributed by atoms with Crippen molar-refractivity contribution in [2.45, 2.75) is 19.3 Å². The molecule has 102 valence electrons. The molecule has 0 amide bonds. The van der Waals surface area contributed by atoms with Crippen molar-refractivity contribution in [3.05, 3.63) is 64.2 Å². The summed E-state index contributed by atoms with van der Waals surface area (Å²) in [6, 6.07) is 13.4. The van der Waals surface area contributed by atoms with E-state index >= 15 is 0 Å². The molecular weight excluding hydrogens is 270 g/mol. The molecule has 0 bridgehead atoms. The van der Waals surface area contributed by atoms with Gasteiger partial charge < -0.3 is 5.73 Å². The van der Waals surface area contributed by atoms with Gasteiger partial charge in [0.1, 0.15) is 0 Å². The van der Waals surface area contributed by atoms with Gasteiger partial charge in [-0.2, -0.15) is 0 Å². The number of benzene rings is 2. The fourth-order valence-corrected chi connectivity index (χ4v) is 3.08. The second-order valence-electron chi connectivity index (χ2n) is 5.30. The molecule has 1 atom stereocenters. The number of nitrogens with two attached hydrogens (primary N) is 1. The van der Waals surface area contributed by atoms with Crippen LogP contribution in [0.2, 0.25) is 5.02 Å². The molecule has 2 N–H and O–H groups in total. The Morgan fingerprint density at radius 1 is 1.15 bits per heavy atom. The molecule has 2 aromatic rings. The molecule has 0 saturated heterocycles. The minimum Gasteiger partial charge on any atom is -0.398 e. The summed E-state index contributed by atoms with van der Waals surface area (Å²) in [5, 5.41) is 0.563. The van der Waals surface area contributed by atoms with Crippen LogP contribution in [0.1, 0.15) is 27.9 Å². The largest absolute Gasteiger partial charge is 0.398 e. The van der Waals surface area contributed by atoms with Gasteiger partial charge in [0, 0.05) is 22.2 Å². The van der Waals surface area contributed by atoms with Crippen LogP contribution < -0.4 is 5.73 Å². The van der Waals surface area contributed by atoms with Crippen molar-refractivity contribution in [2.24, 2.45) is 5.92 Å². The van der Waals surface area contributed by atoms with Gasteiger partial charge in [-0.25, -0.2) is 0 Å². The Hall–Kier alpha value is -1.80. The van der Waals surface area contributed by atoms with Gasteiger partial charge in [0.15, 0.2) is 5.78 Å². The predicted octanol–water partition coefficient (Wildman–Crippen LogP) is 3.91. The number of halogens is 1. The summed E-state index contributed by atoms with van der Waals surface area (Å²) in [4.78, 5) is 12.6. The Balaban J connectivity index is 1.86. The van der Waals surface area contributed by atoms with E-state index in [1.165, 1.54) is 11.1 Å². The molecular formula is C17H16ClNO. The highest BCUT2D eigenvalue weighted by atomic mass is 35.5. The molecule has 0 heterocycles. The Bertz CT molecular complexity index is 666. The maximum absolute atomic E-state index is 12.6. The van der Waals surface area contributed by atoms with Crippen molar-refractivity contribution in [3.63, 3.8) is 0 Å². The van der Waals surface area contributed by atoms with Crippen molar-refractivity contribution >= 4 is 23.1 Å². The Kier molecular flexibility index (Phi) is 3.49. The van der Waals surface area contributed by atoms with Gasteiger partial charge >= 0.3 is 0 Å². The van der Waals surface area contributed by atoms with E-state index in [0.717, 1.165) is 19.3 Å². The first kappa shape index (κ1) is 13.2. The molecule has 0 fully saturated rings. The maximum atomic E-state index is 12.6. The van der Waals surface area contributed by atoms with Gasteiger partial charge in [-0.3, -0.25) is 4.79 Å². The Morgan fingerprint density at radius 3 is 2.65 bits per heavy atom. The van der Waals surface area contributed by atoms with Crippen LogP contribution in [0.5, 0.6) is 0 Å². The highest BCUT2D eigenvalue weighted by Crippen LogP contribution is 2.30. The number of hydrogen-bond acceptors (Lipinski definition) is 2. The van der Waals surface area contributed by atoms with Crippen LogP contribution in [0, 0.1) is 5.92 Å². The predicted molar refractivity (Wildman–Crippen MR) is 82.2 cm³/mol. The lowest BCUT2D eigenvalue weighted by Crippen LogP contribution is -2.23. The second kappa shape index (κ2) is 5.29. The molecule has 0 spiro atoms. The van der Waals surface area contributed by atoms with Crippen molar-refractivity contribution in [1.29, 1.82) is 0 Å². The summed E-state index contributed by atoms with van der Waals surface area (Å²) in [7, 11) is 0. The third-order valence-corrected chi connectivity index (χ3v) is 4.23. The molecule has 3 heteroatoms. The van der Waals surface area contributed by atoms with Gasteiger partial charge in [0.25, 0.3) is 0 Å². The summed E-state index contributed by atoms with van der Waals surface area (Å²) in [5.74, 6) is 0.155. The number of hydrogen-bond donors (Lipinski definition) is 1. The van der Waals surface area contributed by atoms with Crippen molar-refractivity contribution in [2.75, 3.05) is 5.73 Å². The van der Waals surface area contributed by atoms with E-state index in [0.29, 0.717) is 16.3 Å². The number of Topliss-reactive ketones (excluding diaryl/α,β-unsaturated/α-hetero) is 1. The van der Waals surface area contributed by atoms with E-state index in [4.69, 9.17) is 17.3 Å². The van der Waals surface area contributed by atoms with Gasteiger partial charge in [-0.05, 0) is 48.6 Å². The summed E-state index contributed by atoms with van der Waals surface area (Å²) in [6.07, 6.45) is 2.65. The lowest BCUT2D eigenvalue weighted by Gasteiger charge is -2.24. The smallest absolute Gasteiger partial charge is 0.168 e. The highest BCUT2D eigenvalue weighted by molar-refractivity contribution is 6.31. The van der Waals surface area contributed by atoms with Gasteiger partial charge in [-0.15, -0.1) is 0 Å². The zero-order chi connectivity index (χ0) is 14.1. The normalized spacial score (nSPS) is 17.6. The summed E-state index contributed by atoms with van der Waals surface area (Å²) < 4.78 is 0. The van der Waals surface area contributed by atoms with Gasteiger partial charge in [0.05, 0.1) is 0 Å². The molecule has 20 heavy (non-hydrogen) atoms. The first-order chi connectivity index (χ1) is 9.65. The summed E-state index contributed by atoms with van der Waals surface area (Å²) in [6.45, 7) is 0. The molecule has 1 unspecified atom stereocenters. The first-order valence-corrected chi connectivity index (χ1v) is 7.19. The Labute approximate surface area is 123 Å². The number of fused-ring (bicyclic) bond motifs is 1. The van der Waals surface area contributed by atoms with E-state index < -0.39 is 0 Å². The quantitative estimate of drug-likeness (QED) is 0.671. The molecule has 2 aromatic carbocycles. The second-order valence-corrected chi connectivity index (χ2v) is 5.74. The van der Waals surface area contributed by atoms with Crippen molar-refractivity contribution < 1.29 is 4.79 Å². The number of aryl methyl sites for hydroxylation is 1. The third kappa shape index (κ3) is 2.44. The van der Waals surface area contributed by atoms with E-state index in [-0.39, 0.29) is 11.7 Å². The number of nitrogen functional groups attached to an aromatic ring is 1. The molecule has 0 aromatic heterocycles. The number of rotatable bonds is 2. The fraction of sp³-hybridized carbons (Fsp3) is 0.235. The fourth-order valence-electron chi connectivity index (χ4n) is 2.90. The molecule has 1 aliphatic carbocycles. The molecule has 3 rings (SSSR count). The monoisotopic (exact) mass is 285 g/mol. The molecule has 0 saturated carbocycles. The molecule has 2 nitrogen and oxygen atoms in total. The number of carbonyl (C=O) groups is 1. The third-order valence-electron chi connectivity index (χ3n) is 4.00. The molecule has 0 aliphatic heterocycles. The van der Waals surface area contributed by atoms with Crippen LogP contribution in [0.4, 0.5) is 5.69 Å². The van der Waals surface area contributed by atoms with Crippen molar-refractivity contribution in [1.82, 2.24) is 0 Å². The topological polar surface area (TPSA) is 43.1 Å². The van der Waals surface area contributed by atoms with Crippen LogP contribution in [-0.2, 0) is 12.8 Å². The number of anilines is 1. The van der Waals surface area contributed by atoms with Gasteiger partial charge in [-0.1, -0.05) is 35.9 Å². The zero-order valence-corrected chi connectivity index (χ0v) is 11.9. The number of ketones is 1. The van der Waals surface area contributed by atoms with E-state index in [1.54, 1.807) is 18.2 Å². The van der Waals surface area contributed by atoms with E-state index in [9.17, 15) is 4.79 Å². The lowest BCUT2D eigenvalue weighted by atomic mass is 9.80. The lowest BCUT2D eigenvalue weighted by molar-refractivity contribution is 0.0909. The summed E-state index contributed by atoms with van der Waals surface area (Å²) in [5.41, 5.74) is 9.63. The van der Waals surface area contributed by atoms with Crippen molar-refractivity contribution in [3.8, 4) is 0 Å². The van der Waals surface area contributed by atoms with Gasteiger partial charge in [0.2, 0.25) is 0 Å². The highest BCUT2D eigenvalue weighted by Gasteiger charge is 2.26. The SMILES string of the molecule is Nc1cc(Cl)ccc1C(=O)C1CCc2ccccc2C1. The summed E-state index contributed by atoms with van der Waals surface area (Å²) >= 11 is 5.88. The molecule has 1 aliphatic rings. The van der Waals surface area contributed by atoms with Crippen LogP contribution >= 0.6 is 11.6 Å². The minimum atomic E-state index is 0.0216. The van der Waals surface area contributed by atoms with Crippen LogP contribution in [0.25, 0.3) is 0 Å². The first-order valence-electron chi connectivity index (χ1n) is 6.81. The zero-order valence-electron chi connectivity index (χ0n) is 11.1. The average Bonchev–Trinajstić information content (AvgIpc) is 2.46. The van der Waals surface area contributed by atoms with Crippen LogP contribution in [0.3, 0.4) is 0 Å². The number of carbonyl (C=O) groups excluding carboxylic acids is 1.